The van der Waals surface area contributed by atoms with Crippen molar-refractivity contribution in [3.63, 3.8) is 0 Å². The summed E-state index contributed by atoms with van der Waals surface area (Å²) < 4.78 is 15.2. The van der Waals surface area contributed by atoms with Crippen LogP contribution in [0.2, 0.25) is 0 Å². The first kappa shape index (κ1) is 15.8. The Morgan fingerprint density at radius 3 is 2.58 bits per heavy atom. The second kappa shape index (κ2) is 6.75. The van der Waals surface area contributed by atoms with Gasteiger partial charge in [0.2, 0.25) is 0 Å². The highest BCUT2D eigenvalue weighted by Gasteiger charge is 2.28. The fourth-order valence-electron chi connectivity index (χ4n) is 1.81. The second-order valence-corrected chi connectivity index (χ2v) is 5.58. The predicted molar refractivity (Wildman–Crippen MR) is 68.8 cm³/mol. The van der Waals surface area contributed by atoms with Gasteiger partial charge in [-0.25, -0.2) is 9.59 Å². The fourth-order valence-corrected chi connectivity index (χ4v) is 1.81. The topological polar surface area (TPSA) is 65.1 Å². The first-order valence-electron chi connectivity index (χ1n) is 6.48. The molecule has 1 fully saturated rings. The summed E-state index contributed by atoms with van der Waals surface area (Å²) in [5.41, 5.74) is -0.503. The van der Waals surface area contributed by atoms with E-state index in [0.717, 1.165) is 12.8 Å². The summed E-state index contributed by atoms with van der Waals surface area (Å²) in [4.78, 5) is 24.5. The van der Waals surface area contributed by atoms with E-state index in [-0.39, 0.29) is 18.8 Å². The lowest BCUT2D eigenvalue weighted by Crippen LogP contribution is -2.45. The van der Waals surface area contributed by atoms with Crippen LogP contribution in [0.5, 0.6) is 0 Å². The number of nitrogens with zero attached hydrogens (tertiary/aromatic N) is 1. The average Bonchev–Trinajstić information content (AvgIpc) is 2.34. The number of methoxy groups -OCH3 is 1. The molecule has 0 spiro atoms. The lowest BCUT2D eigenvalue weighted by Gasteiger charge is -2.33. The summed E-state index contributed by atoms with van der Waals surface area (Å²) in [5, 5.41) is 0. The smallest absolute Gasteiger partial charge is 0.410 e. The van der Waals surface area contributed by atoms with Crippen LogP contribution >= 0.6 is 0 Å². The fraction of sp³-hybridized carbons (Fsp3) is 0.846. The van der Waals surface area contributed by atoms with E-state index in [1.807, 2.05) is 20.8 Å². The van der Waals surface area contributed by atoms with Gasteiger partial charge in [0.15, 0.2) is 0 Å². The zero-order valence-corrected chi connectivity index (χ0v) is 12.1. The lowest BCUT2D eigenvalue weighted by atomic mass is 10.1. The molecule has 0 aliphatic carbocycles. The molecule has 6 nitrogen and oxygen atoms in total. The molecule has 0 aromatic carbocycles. The quantitative estimate of drug-likeness (QED) is 0.730. The van der Waals surface area contributed by atoms with Crippen molar-refractivity contribution in [3.05, 3.63) is 0 Å². The third-order valence-corrected chi connectivity index (χ3v) is 2.69. The average molecular weight is 273 g/mol. The highest BCUT2D eigenvalue weighted by molar-refractivity contribution is 5.70. The molecule has 1 aliphatic heterocycles. The normalized spacial score (nSPS) is 20.0. The van der Waals surface area contributed by atoms with Gasteiger partial charge in [0.25, 0.3) is 0 Å². The standard InChI is InChI=1S/C13H23NO5/c1-13(2,3)19-12(16)14-7-5-6-10(8-14)18-9-11(15)17-4/h10H,5-9H2,1-4H3. The zero-order chi connectivity index (χ0) is 14.5. The van der Waals surface area contributed by atoms with E-state index >= 15 is 0 Å². The van der Waals surface area contributed by atoms with Crippen molar-refractivity contribution >= 4 is 12.1 Å². The van der Waals surface area contributed by atoms with E-state index < -0.39 is 11.6 Å². The number of carbonyl (C=O) groups is 2. The number of rotatable bonds is 3. The highest BCUT2D eigenvalue weighted by atomic mass is 16.6. The van der Waals surface area contributed by atoms with Crippen molar-refractivity contribution in [2.24, 2.45) is 0 Å². The Bertz CT molecular complexity index is 323. The molecule has 1 unspecified atom stereocenters. The molecule has 1 amide bonds. The summed E-state index contributed by atoms with van der Waals surface area (Å²) in [7, 11) is 1.32. The largest absolute Gasteiger partial charge is 0.467 e. The number of carbonyl (C=O) groups excluding carboxylic acids is 2. The Hall–Kier alpha value is -1.30. The Morgan fingerprint density at radius 1 is 1.32 bits per heavy atom. The summed E-state index contributed by atoms with van der Waals surface area (Å²) in [6.07, 6.45) is 1.20. The molecule has 0 bridgehead atoms. The van der Waals surface area contributed by atoms with Gasteiger partial charge in [-0.3, -0.25) is 0 Å². The van der Waals surface area contributed by atoms with E-state index in [4.69, 9.17) is 9.47 Å². The number of likely N-dealkylation sites (tertiary alicyclic amines) is 1. The van der Waals surface area contributed by atoms with Crippen molar-refractivity contribution in [1.82, 2.24) is 4.90 Å². The van der Waals surface area contributed by atoms with Crippen molar-refractivity contribution in [2.75, 3.05) is 26.8 Å². The van der Waals surface area contributed by atoms with E-state index in [0.29, 0.717) is 13.1 Å². The number of hydrogen-bond acceptors (Lipinski definition) is 5. The van der Waals surface area contributed by atoms with Gasteiger partial charge in [-0.15, -0.1) is 0 Å². The molecule has 1 saturated heterocycles. The van der Waals surface area contributed by atoms with Gasteiger partial charge in [-0.05, 0) is 33.6 Å². The summed E-state index contributed by atoms with van der Waals surface area (Å²) in [6, 6.07) is 0. The molecule has 0 radical (unpaired) electrons. The van der Waals surface area contributed by atoms with Crippen molar-refractivity contribution in [3.8, 4) is 0 Å². The molecule has 19 heavy (non-hydrogen) atoms. The molecule has 0 aromatic rings. The van der Waals surface area contributed by atoms with Crippen LogP contribution in [0.3, 0.4) is 0 Å². The van der Waals surface area contributed by atoms with Crippen LogP contribution in [0.1, 0.15) is 33.6 Å². The van der Waals surface area contributed by atoms with E-state index in [2.05, 4.69) is 4.74 Å². The molecule has 0 N–H and O–H groups in total. The van der Waals surface area contributed by atoms with Gasteiger partial charge >= 0.3 is 12.1 Å². The van der Waals surface area contributed by atoms with Gasteiger partial charge in [0.05, 0.1) is 19.8 Å². The zero-order valence-electron chi connectivity index (χ0n) is 12.1. The van der Waals surface area contributed by atoms with Crippen LogP contribution in [-0.2, 0) is 19.0 Å². The molecule has 1 rings (SSSR count). The third kappa shape index (κ3) is 5.92. The van der Waals surface area contributed by atoms with Crippen LogP contribution in [0.25, 0.3) is 0 Å². The molecule has 6 heteroatoms. The van der Waals surface area contributed by atoms with Crippen molar-refractivity contribution < 1.29 is 23.8 Å². The van der Waals surface area contributed by atoms with Crippen LogP contribution in [0.4, 0.5) is 4.79 Å². The van der Waals surface area contributed by atoms with Gasteiger partial charge in [0, 0.05) is 6.54 Å². The van der Waals surface area contributed by atoms with E-state index in [1.54, 1.807) is 4.90 Å². The van der Waals surface area contributed by atoms with Crippen LogP contribution in [-0.4, -0.2) is 55.5 Å². The Morgan fingerprint density at radius 2 is 2.00 bits per heavy atom. The Labute approximate surface area is 114 Å². The Kier molecular flexibility index (Phi) is 5.60. The molecular weight excluding hydrogens is 250 g/mol. The summed E-state index contributed by atoms with van der Waals surface area (Å²) in [5.74, 6) is -0.408. The monoisotopic (exact) mass is 273 g/mol. The minimum atomic E-state index is -0.503. The second-order valence-electron chi connectivity index (χ2n) is 5.58. The van der Waals surface area contributed by atoms with Crippen LogP contribution < -0.4 is 0 Å². The maximum Gasteiger partial charge on any atom is 0.410 e. The minimum absolute atomic E-state index is 0.0800. The molecular formula is C13H23NO5. The Balaban J connectivity index is 2.41. The van der Waals surface area contributed by atoms with Crippen LogP contribution in [0.15, 0.2) is 0 Å². The van der Waals surface area contributed by atoms with E-state index in [1.165, 1.54) is 7.11 Å². The maximum atomic E-state index is 11.9. The SMILES string of the molecule is COC(=O)COC1CCCN(C(=O)OC(C)(C)C)C1. The highest BCUT2D eigenvalue weighted by Crippen LogP contribution is 2.17. The number of esters is 1. The maximum absolute atomic E-state index is 11.9. The first-order valence-corrected chi connectivity index (χ1v) is 6.48. The molecule has 1 atom stereocenters. The molecule has 110 valence electrons. The van der Waals surface area contributed by atoms with Gasteiger partial charge in [-0.2, -0.15) is 0 Å². The van der Waals surface area contributed by atoms with Gasteiger partial charge in [-0.1, -0.05) is 0 Å². The molecule has 0 saturated carbocycles. The number of hydrogen-bond donors (Lipinski definition) is 0. The summed E-state index contributed by atoms with van der Waals surface area (Å²) in [6.45, 7) is 6.53. The molecule has 0 aromatic heterocycles. The van der Waals surface area contributed by atoms with Gasteiger partial charge < -0.3 is 19.1 Å². The van der Waals surface area contributed by atoms with Crippen molar-refractivity contribution in [1.29, 1.82) is 0 Å². The molecule has 1 aliphatic rings. The third-order valence-electron chi connectivity index (χ3n) is 2.69. The van der Waals surface area contributed by atoms with E-state index in [9.17, 15) is 9.59 Å². The number of ether oxygens (including phenoxy) is 3. The van der Waals surface area contributed by atoms with Crippen LogP contribution in [0, 0.1) is 0 Å². The summed E-state index contributed by atoms with van der Waals surface area (Å²) >= 11 is 0. The first-order chi connectivity index (χ1) is 8.81. The molecule has 1 heterocycles. The number of amides is 1. The predicted octanol–water partition coefficient (Wildman–Crippen LogP) is 1.58. The minimum Gasteiger partial charge on any atom is -0.467 e. The number of piperidine rings is 1. The van der Waals surface area contributed by atoms with Gasteiger partial charge in [0.1, 0.15) is 12.2 Å². The lowest BCUT2D eigenvalue weighted by molar-refractivity contribution is -0.149. The van der Waals surface area contributed by atoms with Crippen molar-refractivity contribution in [2.45, 2.75) is 45.3 Å².